The molecule has 0 saturated carbocycles. The molecule has 1 aromatic carbocycles. The molecule has 4 rings (SSSR count). The first-order valence-corrected chi connectivity index (χ1v) is 8.42. The van der Waals surface area contributed by atoms with E-state index in [-0.39, 0.29) is 12.8 Å². The molecule has 130 valence electrons. The highest BCUT2D eigenvalue weighted by atomic mass is 16.7. The number of carbonyl (C=O) groups is 1. The van der Waals surface area contributed by atoms with E-state index in [0.29, 0.717) is 19.6 Å². The van der Waals surface area contributed by atoms with Gasteiger partial charge in [-0.05, 0) is 31.0 Å². The van der Waals surface area contributed by atoms with Gasteiger partial charge < -0.3 is 19.7 Å². The lowest BCUT2D eigenvalue weighted by Crippen LogP contribution is -2.43. The molecule has 0 fully saturated rings. The van der Waals surface area contributed by atoms with E-state index in [4.69, 9.17) is 9.47 Å². The van der Waals surface area contributed by atoms with Crippen LogP contribution >= 0.6 is 0 Å². The van der Waals surface area contributed by atoms with E-state index in [0.717, 1.165) is 47.0 Å². The van der Waals surface area contributed by atoms with Gasteiger partial charge in [-0.25, -0.2) is 14.8 Å². The molecule has 0 unspecified atom stereocenters. The maximum Gasteiger partial charge on any atom is 0.317 e. The van der Waals surface area contributed by atoms with E-state index in [2.05, 4.69) is 15.3 Å². The number of rotatable bonds is 3. The largest absolute Gasteiger partial charge is 0.454 e. The van der Waals surface area contributed by atoms with Gasteiger partial charge in [0, 0.05) is 31.3 Å². The zero-order valence-electron chi connectivity index (χ0n) is 14.1. The summed E-state index contributed by atoms with van der Waals surface area (Å²) in [6.45, 7) is 3.97. The minimum Gasteiger partial charge on any atom is -0.454 e. The average Bonchev–Trinajstić information content (AvgIpc) is 3.09. The Morgan fingerprint density at radius 3 is 3.12 bits per heavy atom. The number of amides is 2. The van der Waals surface area contributed by atoms with Gasteiger partial charge >= 0.3 is 6.03 Å². The first kappa shape index (κ1) is 15.7. The fourth-order valence-corrected chi connectivity index (χ4v) is 3.11. The maximum atomic E-state index is 12.4. The van der Waals surface area contributed by atoms with Crippen LogP contribution in [0.1, 0.15) is 22.6 Å². The maximum absolute atomic E-state index is 12.4. The number of hydrogen-bond acceptors (Lipinski definition) is 5. The van der Waals surface area contributed by atoms with Crippen molar-refractivity contribution in [2.75, 3.05) is 19.9 Å². The van der Waals surface area contributed by atoms with Crippen LogP contribution in [0.2, 0.25) is 0 Å². The molecule has 1 aromatic heterocycles. The summed E-state index contributed by atoms with van der Waals surface area (Å²) in [6.07, 6.45) is 3.34. The van der Waals surface area contributed by atoms with Gasteiger partial charge in [0.2, 0.25) is 6.79 Å². The van der Waals surface area contributed by atoms with Gasteiger partial charge in [-0.3, -0.25) is 0 Å². The third-order valence-corrected chi connectivity index (χ3v) is 4.47. The van der Waals surface area contributed by atoms with Crippen LogP contribution in [-0.2, 0) is 19.4 Å². The van der Waals surface area contributed by atoms with Gasteiger partial charge in [-0.1, -0.05) is 6.07 Å². The topological polar surface area (TPSA) is 76.6 Å². The Bertz CT molecular complexity index is 809. The van der Waals surface area contributed by atoms with E-state index in [1.54, 1.807) is 4.90 Å². The molecule has 0 spiro atoms. The van der Waals surface area contributed by atoms with E-state index >= 15 is 0 Å². The number of aromatic nitrogens is 2. The molecule has 2 amide bonds. The first-order chi connectivity index (χ1) is 12.2. The molecule has 1 N–H and O–H groups in total. The Hall–Kier alpha value is -2.83. The fourth-order valence-electron chi connectivity index (χ4n) is 3.11. The van der Waals surface area contributed by atoms with Crippen molar-refractivity contribution < 1.29 is 14.3 Å². The van der Waals surface area contributed by atoms with Gasteiger partial charge in [0.25, 0.3) is 0 Å². The van der Waals surface area contributed by atoms with Gasteiger partial charge in [-0.15, -0.1) is 0 Å². The second kappa shape index (κ2) is 6.58. The predicted molar refractivity (Wildman–Crippen MR) is 90.6 cm³/mol. The number of hydrogen-bond donors (Lipinski definition) is 1. The number of nitrogens with zero attached hydrogens (tertiary/aromatic N) is 3. The summed E-state index contributed by atoms with van der Waals surface area (Å²) in [5, 5.41) is 2.98. The summed E-state index contributed by atoms with van der Waals surface area (Å²) < 4.78 is 10.7. The summed E-state index contributed by atoms with van der Waals surface area (Å²) in [4.78, 5) is 22.9. The van der Waals surface area contributed by atoms with Gasteiger partial charge in [-0.2, -0.15) is 0 Å². The summed E-state index contributed by atoms with van der Waals surface area (Å²) in [5.41, 5.74) is 3.19. The van der Waals surface area contributed by atoms with Crippen molar-refractivity contribution in [1.29, 1.82) is 0 Å². The molecule has 0 atom stereocenters. The molecule has 2 aromatic rings. The lowest BCUT2D eigenvalue weighted by molar-refractivity contribution is 0.174. The van der Waals surface area contributed by atoms with Gasteiger partial charge in [0.15, 0.2) is 11.5 Å². The Morgan fingerprint density at radius 2 is 2.20 bits per heavy atom. The van der Waals surface area contributed by atoms with Crippen LogP contribution < -0.4 is 14.8 Å². The SMILES string of the molecule is Cc1ncc2c(n1)CCN(C(=O)NCCc1ccc3c(c1)OCO3)C2. The van der Waals surface area contributed by atoms with Crippen molar-refractivity contribution in [2.24, 2.45) is 0 Å². The highest BCUT2D eigenvalue weighted by Crippen LogP contribution is 2.32. The van der Waals surface area contributed by atoms with Crippen molar-refractivity contribution in [3.63, 3.8) is 0 Å². The van der Waals surface area contributed by atoms with Crippen LogP contribution in [0.25, 0.3) is 0 Å². The number of urea groups is 1. The molecule has 2 aliphatic heterocycles. The third kappa shape index (κ3) is 3.35. The lowest BCUT2D eigenvalue weighted by Gasteiger charge is -2.28. The molecule has 0 saturated heterocycles. The molecule has 25 heavy (non-hydrogen) atoms. The average molecular weight is 340 g/mol. The Morgan fingerprint density at radius 1 is 1.32 bits per heavy atom. The molecular formula is C18H20N4O3. The Balaban J connectivity index is 1.30. The molecule has 7 nitrogen and oxygen atoms in total. The standard InChI is InChI=1S/C18H20N4O3/c1-12-20-9-14-10-22(7-5-15(14)21-12)18(23)19-6-4-13-2-3-16-17(8-13)25-11-24-16/h2-3,8-9H,4-7,10-11H2,1H3,(H,19,23). The van der Waals surface area contributed by atoms with Crippen molar-refractivity contribution in [3.8, 4) is 11.5 Å². The van der Waals surface area contributed by atoms with Crippen LogP contribution in [0.4, 0.5) is 4.79 Å². The van der Waals surface area contributed by atoms with Crippen LogP contribution in [-0.4, -0.2) is 40.8 Å². The third-order valence-electron chi connectivity index (χ3n) is 4.47. The normalized spacial score (nSPS) is 15.0. The number of nitrogens with one attached hydrogen (secondary N) is 1. The molecule has 0 radical (unpaired) electrons. The lowest BCUT2D eigenvalue weighted by atomic mass is 10.1. The van der Waals surface area contributed by atoms with Gasteiger partial charge in [0.05, 0.1) is 12.2 Å². The van der Waals surface area contributed by atoms with Crippen molar-refractivity contribution in [1.82, 2.24) is 20.2 Å². The highest BCUT2D eigenvalue weighted by Gasteiger charge is 2.21. The fraction of sp³-hybridized carbons (Fsp3) is 0.389. The number of fused-ring (bicyclic) bond motifs is 2. The Labute approximate surface area is 146 Å². The van der Waals surface area contributed by atoms with Crippen molar-refractivity contribution in [2.45, 2.75) is 26.3 Å². The van der Waals surface area contributed by atoms with Crippen LogP contribution in [0.5, 0.6) is 11.5 Å². The van der Waals surface area contributed by atoms with Gasteiger partial charge in [0.1, 0.15) is 5.82 Å². The van der Waals surface area contributed by atoms with Crippen molar-refractivity contribution >= 4 is 6.03 Å². The minimum absolute atomic E-state index is 0.0491. The monoisotopic (exact) mass is 340 g/mol. The van der Waals surface area contributed by atoms with E-state index < -0.39 is 0 Å². The first-order valence-electron chi connectivity index (χ1n) is 8.42. The van der Waals surface area contributed by atoms with E-state index in [9.17, 15) is 4.79 Å². The highest BCUT2D eigenvalue weighted by molar-refractivity contribution is 5.74. The van der Waals surface area contributed by atoms with Crippen LogP contribution in [0, 0.1) is 6.92 Å². The summed E-state index contributed by atoms with van der Waals surface area (Å²) in [6, 6.07) is 5.82. The number of carbonyl (C=O) groups excluding carboxylic acids is 1. The predicted octanol–water partition coefficient (Wildman–Crippen LogP) is 1.82. The zero-order valence-corrected chi connectivity index (χ0v) is 14.1. The molecular weight excluding hydrogens is 320 g/mol. The quantitative estimate of drug-likeness (QED) is 0.922. The summed E-state index contributed by atoms with van der Waals surface area (Å²) in [7, 11) is 0. The summed E-state index contributed by atoms with van der Waals surface area (Å²) in [5.74, 6) is 2.32. The second-order valence-corrected chi connectivity index (χ2v) is 6.23. The number of ether oxygens (including phenoxy) is 2. The molecule has 2 aliphatic rings. The molecule has 7 heteroatoms. The Kier molecular flexibility index (Phi) is 4.13. The molecule has 3 heterocycles. The smallest absolute Gasteiger partial charge is 0.317 e. The van der Waals surface area contributed by atoms with Crippen LogP contribution in [0.15, 0.2) is 24.4 Å². The van der Waals surface area contributed by atoms with E-state index in [1.165, 1.54) is 0 Å². The zero-order chi connectivity index (χ0) is 17.2. The number of aryl methyl sites for hydroxylation is 1. The number of benzene rings is 1. The molecule has 0 aliphatic carbocycles. The van der Waals surface area contributed by atoms with Crippen LogP contribution in [0.3, 0.4) is 0 Å². The van der Waals surface area contributed by atoms with E-state index in [1.807, 2.05) is 31.3 Å². The molecule has 0 bridgehead atoms. The van der Waals surface area contributed by atoms with Crippen molar-refractivity contribution in [3.05, 3.63) is 47.0 Å². The second-order valence-electron chi connectivity index (χ2n) is 6.23. The minimum atomic E-state index is -0.0491. The summed E-state index contributed by atoms with van der Waals surface area (Å²) >= 11 is 0.